The molecule has 0 bridgehead atoms. The molecule has 1 aliphatic heterocycles. The van der Waals surface area contributed by atoms with Crippen molar-refractivity contribution in [1.29, 1.82) is 0 Å². The molecule has 1 aromatic carbocycles. The zero-order chi connectivity index (χ0) is 10.2. The summed E-state index contributed by atoms with van der Waals surface area (Å²) in [7, 11) is 0. The largest absolute Gasteiger partial charge is 0.488 e. The lowest BCUT2D eigenvalue weighted by Gasteiger charge is -2.32. The summed E-state index contributed by atoms with van der Waals surface area (Å²) in [4.78, 5) is 0. The van der Waals surface area contributed by atoms with E-state index in [0.717, 1.165) is 18.6 Å². The van der Waals surface area contributed by atoms with Gasteiger partial charge in [-0.3, -0.25) is 0 Å². The molecule has 1 aromatic rings. The van der Waals surface area contributed by atoms with Gasteiger partial charge in [-0.15, -0.1) is 0 Å². The molecule has 0 saturated carbocycles. The van der Waals surface area contributed by atoms with Crippen LogP contribution in [0.1, 0.15) is 31.4 Å². The normalized spacial score (nSPS) is 18.5. The lowest BCUT2D eigenvalue weighted by molar-refractivity contribution is 0.0846. The fraction of sp³-hybridized carbons (Fsp3) is 0.500. The van der Waals surface area contributed by atoms with Gasteiger partial charge < -0.3 is 10.5 Å². The van der Waals surface area contributed by atoms with Crippen LogP contribution in [0, 0.1) is 0 Å². The van der Waals surface area contributed by atoms with Gasteiger partial charge in [0.1, 0.15) is 11.4 Å². The van der Waals surface area contributed by atoms with E-state index in [1.54, 1.807) is 0 Å². The summed E-state index contributed by atoms with van der Waals surface area (Å²) in [5.41, 5.74) is 8.06. The molecule has 0 aliphatic carbocycles. The molecule has 1 aliphatic rings. The van der Waals surface area contributed by atoms with Gasteiger partial charge in [-0.25, -0.2) is 0 Å². The molecule has 14 heavy (non-hydrogen) atoms. The van der Waals surface area contributed by atoms with Crippen molar-refractivity contribution in [2.75, 3.05) is 0 Å². The van der Waals surface area contributed by atoms with E-state index in [0.29, 0.717) is 6.54 Å². The first-order chi connectivity index (χ1) is 6.61. The molecule has 0 spiro atoms. The highest BCUT2D eigenvalue weighted by atomic mass is 16.5. The van der Waals surface area contributed by atoms with E-state index < -0.39 is 0 Å². The van der Waals surface area contributed by atoms with Crippen molar-refractivity contribution >= 4 is 0 Å². The maximum atomic E-state index is 5.88. The second kappa shape index (κ2) is 3.28. The third-order valence-corrected chi connectivity index (χ3v) is 2.74. The fourth-order valence-corrected chi connectivity index (χ4v) is 1.84. The van der Waals surface area contributed by atoms with E-state index in [9.17, 15) is 0 Å². The summed E-state index contributed by atoms with van der Waals surface area (Å²) in [6, 6.07) is 6.24. The Bertz CT molecular complexity index is 344. The minimum absolute atomic E-state index is 0.0166. The molecular weight excluding hydrogens is 174 g/mol. The van der Waals surface area contributed by atoms with Crippen LogP contribution in [0.3, 0.4) is 0 Å². The van der Waals surface area contributed by atoms with Crippen molar-refractivity contribution < 1.29 is 4.74 Å². The highest BCUT2D eigenvalue weighted by molar-refractivity contribution is 5.39. The van der Waals surface area contributed by atoms with Crippen molar-refractivity contribution in [3.8, 4) is 5.75 Å². The number of ether oxygens (including phenoxy) is 1. The first-order valence-electron chi connectivity index (χ1n) is 5.12. The van der Waals surface area contributed by atoms with E-state index in [2.05, 4.69) is 19.9 Å². The zero-order valence-electron chi connectivity index (χ0n) is 8.84. The van der Waals surface area contributed by atoms with Crippen molar-refractivity contribution in [3.63, 3.8) is 0 Å². The van der Waals surface area contributed by atoms with E-state index >= 15 is 0 Å². The summed E-state index contributed by atoms with van der Waals surface area (Å²) in [6.07, 6.45) is 2.17. The maximum absolute atomic E-state index is 5.88. The lowest BCUT2D eigenvalue weighted by atomic mass is 9.93. The van der Waals surface area contributed by atoms with E-state index in [-0.39, 0.29) is 5.60 Å². The van der Waals surface area contributed by atoms with Gasteiger partial charge >= 0.3 is 0 Å². The van der Waals surface area contributed by atoms with E-state index in [4.69, 9.17) is 10.5 Å². The van der Waals surface area contributed by atoms with Gasteiger partial charge in [-0.1, -0.05) is 12.1 Å². The molecule has 0 atom stereocenters. The fourth-order valence-electron chi connectivity index (χ4n) is 1.84. The van der Waals surface area contributed by atoms with Crippen LogP contribution >= 0.6 is 0 Å². The Morgan fingerprint density at radius 3 is 2.93 bits per heavy atom. The van der Waals surface area contributed by atoms with Gasteiger partial charge in [0, 0.05) is 6.54 Å². The number of hydrogen-bond acceptors (Lipinski definition) is 2. The third kappa shape index (κ3) is 1.75. The van der Waals surface area contributed by atoms with E-state index in [1.807, 2.05) is 12.1 Å². The summed E-state index contributed by atoms with van der Waals surface area (Å²) < 4.78 is 5.88. The molecule has 2 heteroatoms. The smallest absolute Gasteiger partial charge is 0.123 e. The predicted octanol–water partition coefficient (Wildman–Crippen LogP) is 2.25. The van der Waals surface area contributed by atoms with Crippen molar-refractivity contribution in [3.05, 3.63) is 29.3 Å². The van der Waals surface area contributed by atoms with Crippen LogP contribution in [0.2, 0.25) is 0 Å². The molecule has 0 fully saturated rings. The molecular formula is C12H17NO. The summed E-state index contributed by atoms with van der Waals surface area (Å²) >= 11 is 0. The number of rotatable bonds is 1. The zero-order valence-corrected chi connectivity index (χ0v) is 8.84. The summed E-state index contributed by atoms with van der Waals surface area (Å²) in [6.45, 7) is 4.87. The second-order valence-corrected chi connectivity index (χ2v) is 4.51. The molecule has 0 amide bonds. The average Bonchev–Trinajstić information content (AvgIpc) is 2.16. The Labute approximate surface area is 85.1 Å². The maximum Gasteiger partial charge on any atom is 0.123 e. The molecule has 0 radical (unpaired) electrons. The standard InChI is InChI=1S/C12H17NO/c1-12(2)6-5-10-7-9(8-13)3-4-11(10)14-12/h3-4,7H,5-6,8,13H2,1-2H3. The van der Waals surface area contributed by atoms with Crippen LogP contribution in [0.4, 0.5) is 0 Å². The number of fused-ring (bicyclic) bond motifs is 1. The third-order valence-electron chi connectivity index (χ3n) is 2.74. The SMILES string of the molecule is CC1(C)CCc2cc(CN)ccc2O1. The van der Waals surface area contributed by atoms with Crippen LogP contribution in [0.25, 0.3) is 0 Å². The van der Waals surface area contributed by atoms with Gasteiger partial charge in [0.2, 0.25) is 0 Å². The first-order valence-corrected chi connectivity index (χ1v) is 5.12. The highest BCUT2D eigenvalue weighted by Gasteiger charge is 2.26. The Kier molecular flexibility index (Phi) is 2.23. The molecule has 2 rings (SSSR count). The van der Waals surface area contributed by atoms with Crippen LogP contribution < -0.4 is 10.5 Å². The molecule has 2 nitrogen and oxygen atoms in total. The minimum atomic E-state index is -0.0166. The minimum Gasteiger partial charge on any atom is -0.488 e. The molecule has 0 unspecified atom stereocenters. The molecule has 1 heterocycles. The van der Waals surface area contributed by atoms with Crippen LogP contribution in [0.5, 0.6) is 5.75 Å². The van der Waals surface area contributed by atoms with E-state index in [1.165, 1.54) is 11.1 Å². The van der Waals surface area contributed by atoms with Gasteiger partial charge in [0.25, 0.3) is 0 Å². The molecule has 2 N–H and O–H groups in total. The van der Waals surface area contributed by atoms with Gasteiger partial charge in [-0.2, -0.15) is 0 Å². The monoisotopic (exact) mass is 191 g/mol. The van der Waals surface area contributed by atoms with Crippen LogP contribution in [-0.4, -0.2) is 5.60 Å². The molecule has 76 valence electrons. The number of aryl methyl sites for hydroxylation is 1. The van der Waals surface area contributed by atoms with Crippen molar-refractivity contribution in [1.82, 2.24) is 0 Å². The molecule has 0 aromatic heterocycles. The Morgan fingerprint density at radius 1 is 1.43 bits per heavy atom. The van der Waals surface area contributed by atoms with Gasteiger partial charge in [0.05, 0.1) is 0 Å². The van der Waals surface area contributed by atoms with Crippen LogP contribution in [-0.2, 0) is 13.0 Å². The second-order valence-electron chi connectivity index (χ2n) is 4.51. The number of nitrogens with two attached hydrogens (primary N) is 1. The topological polar surface area (TPSA) is 35.2 Å². The number of benzene rings is 1. The first kappa shape index (κ1) is 9.53. The van der Waals surface area contributed by atoms with Crippen molar-refractivity contribution in [2.24, 2.45) is 5.73 Å². The summed E-state index contributed by atoms with van der Waals surface area (Å²) in [5, 5.41) is 0. The summed E-state index contributed by atoms with van der Waals surface area (Å²) in [5.74, 6) is 1.03. The number of hydrogen-bond donors (Lipinski definition) is 1. The Balaban J connectivity index is 2.32. The van der Waals surface area contributed by atoms with Crippen molar-refractivity contribution in [2.45, 2.75) is 38.8 Å². The average molecular weight is 191 g/mol. The van der Waals surface area contributed by atoms with Gasteiger partial charge in [-0.05, 0) is 43.9 Å². The van der Waals surface area contributed by atoms with Gasteiger partial charge in [0.15, 0.2) is 0 Å². The lowest BCUT2D eigenvalue weighted by Crippen LogP contribution is -2.32. The highest BCUT2D eigenvalue weighted by Crippen LogP contribution is 2.33. The Hall–Kier alpha value is -1.02. The predicted molar refractivity (Wildman–Crippen MR) is 57.4 cm³/mol. The molecule has 0 saturated heterocycles. The quantitative estimate of drug-likeness (QED) is 0.739. The Morgan fingerprint density at radius 2 is 2.21 bits per heavy atom. The van der Waals surface area contributed by atoms with Crippen LogP contribution in [0.15, 0.2) is 18.2 Å².